The number of carboxylic acids is 1. The summed E-state index contributed by atoms with van der Waals surface area (Å²) in [7, 11) is -4.39. The van der Waals surface area contributed by atoms with Gasteiger partial charge >= 0.3 is 5.97 Å². The summed E-state index contributed by atoms with van der Waals surface area (Å²) in [5, 5.41) is 18.2. The molecule has 33 heavy (non-hydrogen) atoms. The van der Waals surface area contributed by atoms with Crippen molar-refractivity contribution in [3.05, 3.63) is 89.4 Å². The topological polar surface area (TPSA) is 109 Å². The number of ether oxygens (including phenoxy) is 1. The van der Waals surface area contributed by atoms with Crippen LogP contribution >= 0.6 is 0 Å². The molecule has 1 N–H and O–H groups in total. The molecule has 1 aromatic heterocycles. The molecule has 0 spiro atoms. The number of halogens is 3. The van der Waals surface area contributed by atoms with Crippen LogP contribution in [0.1, 0.15) is 15.9 Å². The number of fused-ring (bicyclic) bond motifs is 1. The predicted octanol–water partition coefficient (Wildman–Crippen LogP) is 4.66. The number of nitrogens with zero attached hydrogens (tertiary/aromatic N) is 2. The van der Waals surface area contributed by atoms with Crippen LogP contribution in [0.3, 0.4) is 0 Å². The van der Waals surface area contributed by atoms with Gasteiger partial charge in [-0.15, -0.1) is 0 Å². The first-order valence-corrected chi connectivity index (χ1v) is 10.5. The van der Waals surface area contributed by atoms with Crippen LogP contribution in [-0.4, -0.2) is 23.5 Å². The van der Waals surface area contributed by atoms with Gasteiger partial charge in [0.2, 0.25) is 5.82 Å². The molecule has 166 valence electrons. The molecule has 11 heteroatoms. The van der Waals surface area contributed by atoms with Crippen molar-refractivity contribution in [1.29, 1.82) is 5.26 Å². The van der Waals surface area contributed by atoms with Gasteiger partial charge in [0.15, 0.2) is 11.6 Å². The second-order valence-corrected chi connectivity index (χ2v) is 8.50. The highest BCUT2D eigenvalue weighted by Crippen LogP contribution is 2.38. The zero-order valence-corrected chi connectivity index (χ0v) is 17.1. The van der Waals surface area contributed by atoms with Crippen molar-refractivity contribution in [3.8, 4) is 17.6 Å². The Kier molecular flexibility index (Phi) is 5.31. The summed E-state index contributed by atoms with van der Waals surface area (Å²) >= 11 is 0. The van der Waals surface area contributed by atoms with Crippen molar-refractivity contribution in [1.82, 2.24) is 3.97 Å². The van der Waals surface area contributed by atoms with E-state index in [0.717, 1.165) is 30.5 Å². The minimum atomic E-state index is -4.39. The van der Waals surface area contributed by atoms with Gasteiger partial charge in [0.1, 0.15) is 28.7 Å². The lowest BCUT2D eigenvalue weighted by molar-refractivity contribution is 0.0695. The Morgan fingerprint density at radius 3 is 2.36 bits per heavy atom. The number of aromatic carboxylic acids is 1. The van der Waals surface area contributed by atoms with Gasteiger partial charge in [-0.2, -0.15) is 9.65 Å². The van der Waals surface area contributed by atoms with E-state index in [-0.39, 0.29) is 10.6 Å². The molecule has 0 amide bonds. The van der Waals surface area contributed by atoms with E-state index in [2.05, 4.69) is 0 Å². The SMILES string of the molecule is N#Cc1cc(Oc2c(F)c(F)c3c(ccn3S(=O)(=O)c3ccccc3)c2C(=O)O)ccc1F. The number of carbonyl (C=O) groups is 1. The van der Waals surface area contributed by atoms with Crippen molar-refractivity contribution < 1.29 is 36.2 Å². The number of aromatic nitrogens is 1. The van der Waals surface area contributed by atoms with Gasteiger partial charge in [-0.05, 0) is 30.3 Å². The van der Waals surface area contributed by atoms with E-state index in [1.54, 1.807) is 12.1 Å². The van der Waals surface area contributed by atoms with Gasteiger partial charge < -0.3 is 9.84 Å². The third-order valence-corrected chi connectivity index (χ3v) is 6.43. The van der Waals surface area contributed by atoms with Crippen LogP contribution in [0.4, 0.5) is 13.2 Å². The number of nitriles is 1. The number of hydrogen-bond donors (Lipinski definition) is 1. The van der Waals surface area contributed by atoms with Crippen molar-refractivity contribution in [2.75, 3.05) is 0 Å². The third kappa shape index (κ3) is 3.56. The Hall–Kier alpha value is -4.30. The molecule has 0 saturated heterocycles. The molecule has 0 unspecified atom stereocenters. The standard InChI is InChI=1S/C22H11F3N2O5S/c23-16-7-6-13(10-12(16)11-26)32-21-17(22(28)29)15-8-9-27(20(15)18(24)19(21)25)33(30,31)14-4-2-1-3-5-14/h1-10H,(H,28,29). The molecule has 7 nitrogen and oxygen atoms in total. The fraction of sp³-hybridized carbons (Fsp3) is 0. The Morgan fingerprint density at radius 1 is 1.03 bits per heavy atom. The van der Waals surface area contributed by atoms with Gasteiger partial charge in [0.25, 0.3) is 10.0 Å². The summed E-state index contributed by atoms with van der Waals surface area (Å²) in [6.07, 6.45) is 0.900. The van der Waals surface area contributed by atoms with Crippen LogP contribution in [0.25, 0.3) is 10.9 Å². The van der Waals surface area contributed by atoms with Crippen molar-refractivity contribution in [2.45, 2.75) is 4.90 Å². The van der Waals surface area contributed by atoms with Crippen LogP contribution in [0.2, 0.25) is 0 Å². The molecule has 4 aromatic rings. The maximum Gasteiger partial charge on any atom is 0.340 e. The smallest absolute Gasteiger partial charge is 0.340 e. The molecule has 0 fully saturated rings. The lowest BCUT2D eigenvalue weighted by atomic mass is 10.1. The van der Waals surface area contributed by atoms with Gasteiger partial charge in [-0.1, -0.05) is 18.2 Å². The average Bonchev–Trinajstić information content (AvgIpc) is 3.24. The Balaban J connectivity index is 1.97. The summed E-state index contributed by atoms with van der Waals surface area (Å²) in [4.78, 5) is 11.7. The normalized spacial score (nSPS) is 11.3. The first-order valence-electron chi connectivity index (χ1n) is 9.10. The van der Waals surface area contributed by atoms with Crippen LogP contribution in [-0.2, 0) is 10.0 Å². The van der Waals surface area contributed by atoms with Gasteiger partial charge in [0, 0.05) is 17.6 Å². The van der Waals surface area contributed by atoms with Crippen LogP contribution in [0.5, 0.6) is 11.5 Å². The summed E-state index contributed by atoms with van der Waals surface area (Å²) in [6, 6.07) is 12.2. The first kappa shape index (κ1) is 21.9. The van der Waals surface area contributed by atoms with E-state index in [1.807, 2.05) is 0 Å². The monoisotopic (exact) mass is 472 g/mol. The number of rotatable bonds is 5. The highest BCUT2D eigenvalue weighted by molar-refractivity contribution is 7.90. The third-order valence-electron chi connectivity index (χ3n) is 4.74. The quantitative estimate of drug-likeness (QED) is 0.453. The van der Waals surface area contributed by atoms with Crippen molar-refractivity contribution in [3.63, 3.8) is 0 Å². The van der Waals surface area contributed by atoms with E-state index in [1.165, 1.54) is 24.3 Å². The highest BCUT2D eigenvalue weighted by Gasteiger charge is 2.31. The van der Waals surface area contributed by atoms with E-state index in [9.17, 15) is 22.7 Å². The van der Waals surface area contributed by atoms with Gasteiger partial charge in [-0.3, -0.25) is 0 Å². The molecule has 3 aromatic carbocycles. The maximum absolute atomic E-state index is 15.1. The minimum Gasteiger partial charge on any atom is -0.478 e. The fourth-order valence-electron chi connectivity index (χ4n) is 3.25. The number of benzene rings is 3. The van der Waals surface area contributed by atoms with Gasteiger partial charge in [-0.25, -0.2) is 26.0 Å². The van der Waals surface area contributed by atoms with Crippen molar-refractivity contribution in [2.24, 2.45) is 0 Å². The second kappa shape index (κ2) is 7.99. The van der Waals surface area contributed by atoms with Gasteiger partial charge in [0.05, 0.1) is 10.5 Å². The zero-order valence-electron chi connectivity index (χ0n) is 16.3. The lowest BCUT2D eigenvalue weighted by Gasteiger charge is -2.14. The molecule has 0 aliphatic heterocycles. The Morgan fingerprint density at radius 2 is 1.73 bits per heavy atom. The summed E-state index contributed by atoms with van der Waals surface area (Å²) in [6.45, 7) is 0. The zero-order chi connectivity index (χ0) is 23.9. The molecule has 0 radical (unpaired) electrons. The van der Waals surface area contributed by atoms with Crippen molar-refractivity contribution >= 4 is 26.9 Å². The maximum atomic E-state index is 15.1. The fourth-order valence-corrected chi connectivity index (χ4v) is 4.62. The van der Waals surface area contributed by atoms with Crippen LogP contribution in [0, 0.1) is 28.8 Å². The number of carboxylic acid groups (broad SMARTS) is 1. The summed E-state index contributed by atoms with van der Waals surface area (Å²) < 4.78 is 75.3. The molecule has 0 aliphatic carbocycles. The number of hydrogen-bond acceptors (Lipinski definition) is 5. The molecular weight excluding hydrogens is 461 g/mol. The summed E-state index contributed by atoms with van der Waals surface area (Å²) in [5.74, 6) is -7.45. The Bertz CT molecular complexity index is 1580. The highest BCUT2D eigenvalue weighted by atomic mass is 32.2. The van der Waals surface area contributed by atoms with Crippen LogP contribution in [0.15, 0.2) is 65.7 Å². The first-order chi connectivity index (χ1) is 15.7. The van der Waals surface area contributed by atoms with E-state index >= 15 is 8.78 Å². The molecule has 0 atom stereocenters. The molecule has 0 saturated carbocycles. The van der Waals surface area contributed by atoms with Crippen LogP contribution < -0.4 is 4.74 Å². The van der Waals surface area contributed by atoms with E-state index in [0.29, 0.717) is 3.97 Å². The largest absolute Gasteiger partial charge is 0.478 e. The van der Waals surface area contributed by atoms with E-state index < -0.39 is 61.2 Å². The molecule has 0 aliphatic rings. The molecule has 4 rings (SSSR count). The lowest BCUT2D eigenvalue weighted by Crippen LogP contribution is -2.14. The predicted molar refractivity (Wildman–Crippen MR) is 109 cm³/mol. The second-order valence-electron chi connectivity index (χ2n) is 6.68. The molecule has 1 heterocycles. The molecular formula is C22H11F3N2O5S. The minimum absolute atomic E-state index is 0.227. The molecule has 0 bridgehead atoms. The Labute approximate surface area is 184 Å². The average molecular weight is 472 g/mol. The van der Waals surface area contributed by atoms with E-state index in [4.69, 9.17) is 10.00 Å². The summed E-state index contributed by atoms with van der Waals surface area (Å²) in [5.41, 5.74) is -2.14.